The van der Waals surface area contributed by atoms with E-state index in [0.29, 0.717) is 19.4 Å². The fourth-order valence-corrected chi connectivity index (χ4v) is 5.70. The molecule has 1 aliphatic heterocycles. The second-order valence-corrected chi connectivity index (χ2v) is 10.3. The summed E-state index contributed by atoms with van der Waals surface area (Å²) in [5.41, 5.74) is 2.27. The van der Waals surface area contributed by atoms with Crippen molar-refractivity contribution < 1.29 is 22.4 Å². The second kappa shape index (κ2) is 10.9. The number of rotatable bonds is 7. The SMILES string of the molecule is Cc1ccc(CNC(=O)C(=O)NCCC2CCCCN2S(=O)(=O)c2ccc(F)c(C)c2)cc1. The van der Waals surface area contributed by atoms with E-state index in [9.17, 15) is 22.4 Å². The van der Waals surface area contributed by atoms with Crippen LogP contribution in [-0.4, -0.2) is 43.7 Å². The molecule has 9 heteroatoms. The van der Waals surface area contributed by atoms with E-state index in [1.807, 2.05) is 31.2 Å². The molecule has 0 bridgehead atoms. The van der Waals surface area contributed by atoms with Crippen molar-refractivity contribution in [3.63, 3.8) is 0 Å². The molecule has 1 saturated heterocycles. The zero-order chi connectivity index (χ0) is 24.0. The van der Waals surface area contributed by atoms with Crippen LogP contribution < -0.4 is 10.6 Å². The molecule has 1 heterocycles. The van der Waals surface area contributed by atoms with Gasteiger partial charge in [0.25, 0.3) is 0 Å². The standard InChI is InChI=1S/C24H30FN3O4S/c1-17-6-8-19(9-7-17)16-27-24(30)23(29)26-13-12-20-5-3-4-14-28(20)33(31,32)21-10-11-22(25)18(2)15-21/h6-11,15,20H,3-5,12-14,16H2,1-2H3,(H,26,29)(H,27,30). The van der Waals surface area contributed by atoms with Crippen LogP contribution in [0.5, 0.6) is 0 Å². The molecule has 1 fully saturated rings. The quantitative estimate of drug-likeness (QED) is 0.602. The molecule has 2 aromatic carbocycles. The van der Waals surface area contributed by atoms with Crippen molar-refractivity contribution in [3.05, 3.63) is 65.0 Å². The van der Waals surface area contributed by atoms with Crippen LogP contribution >= 0.6 is 0 Å². The van der Waals surface area contributed by atoms with E-state index in [2.05, 4.69) is 10.6 Å². The largest absolute Gasteiger partial charge is 0.348 e. The highest BCUT2D eigenvalue weighted by atomic mass is 32.2. The molecule has 0 radical (unpaired) electrons. The predicted molar refractivity (Wildman–Crippen MR) is 123 cm³/mol. The van der Waals surface area contributed by atoms with Gasteiger partial charge >= 0.3 is 11.8 Å². The molecule has 0 saturated carbocycles. The lowest BCUT2D eigenvalue weighted by molar-refractivity contribution is -0.139. The molecule has 3 rings (SSSR count). The lowest BCUT2D eigenvalue weighted by Gasteiger charge is -2.34. The number of benzene rings is 2. The summed E-state index contributed by atoms with van der Waals surface area (Å²) in [7, 11) is -3.79. The van der Waals surface area contributed by atoms with Crippen LogP contribution in [0.1, 0.15) is 42.4 Å². The summed E-state index contributed by atoms with van der Waals surface area (Å²) in [6, 6.07) is 11.1. The first-order valence-electron chi connectivity index (χ1n) is 11.1. The van der Waals surface area contributed by atoms with Gasteiger partial charge in [-0.1, -0.05) is 36.2 Å². The fourth-order valence-electron chi connectivity index (χ4n) is 3.89. The summed E-state index contributed by atoms with van der Waals surface area (Å²) in [5, 5.41) is 5.16. The Bertz CT molecular complexity index is 1100. The van der Waals surface area contributed by atoms with E-state index in [0.717, 1.165) is 30.0 Å². The summed E-state index contributed by atoms with van der Waals surface area (Å²) < 4.78 is 41.4. The van der Waals surface area contributed by atoms with E-state index in [1.165, 1.54) is 23.4 Å². The van der Waals surface area contributed by atoms with Crippen molar-refractivity contribution in [1.82, 2.24) is 14.9 Å². The van der Waals surface area contributed by atoms with Crippen molar-refractivity contribution >= 4 is 21.8 Å². The van der Waals surface area contributed by atoms with Gasteiger partial charge in [0, 0.05) is 25.7 Å². The highest BCUT2D eigenvalue weighted by Gasteiger charge is 2.33. The summed E-state index contributed by atoms with van der Waals surface area (Å²) in [6.45, 7) is 4.29. The van der Waals surface area contributed by atoms with Gasteiger partial charge in [-0.05, 0) is 62.4 Å². The van der Waals surface area contributed by atoms with Crippen molar-refractivity contribution in [2.45, 2.75) is 57.0 Å². The van der Waals surface area contributed by atoms with Gasteiger partial charge in [-0.2, -0.15) is 4.31 Å². The van der Waals surface area contributed by atoms with Gasteiger partial charge in [-0.3, -0.25) is 9.59 Å². The number of aryl methyl sites for hydroxylation is 2. The molecule has 2 amide bonds. The van der Waals surface area contributed by atoms with Crippen molar-refractivity contribution in [2.75, 3.05) is 13.1 Å². The third-order valence-electron chi connectivity index (χ3n) is 5.85. The van der Waals surface area contributed by atoms with Crippen molar-refractivity contribution in [3.8, 4) is 0 Å². The minimum absolute atomic E-state index is 0.0628. The van der Waals surface area contributed by atoms with Gasteiger partial charge in [-0.25, -0.2) is 12.8 Å². The van der Waals surface area contributed by atoms with Crippen LogP contribution in [0.3, 0.4) is 0 Å². The average molecular weight is 476 g/mol. The molecule has 2 aromatic rings. The number of halogens is 1. The van der Waals surface area contributed by atoms with Gasteiger partial charge in [-0.15, -0.1) is 0 Å². The summed E-state index contributed by atoms with van der Waals surface area (Å²) in [5.74, 6) is -1.93. The molecule has 7 nitrogen and oxygen atoms in total. The van der Waals surface area contributed by atoms with Crippen molar-refractivity contribution in [1.29, 1.82) is 0 Å². The zero-order valence-corrected chi connectivity index (χ0v) is 19.8. The number of carbonyl (C=O) groups excluding carboxylic acids is 2. The highest BCUT2D eigenvalue weighted by molar-refractivity contribution is 7.89. The summed E-state index contributed by atoms with van der Waals surface area (Å²) >= 11 is 0. The Balaban J connectivity index is 1.54. The molecular formula is C24H30FN3O4S. The van der Waals surface area contributed by atoms with E-state index in [-0.39, 0.29) is 29.6 Å². The summed E-state index contributed by atoms with van der Waals surface area (Å²) in [6.07, 6.45) is 2.67. The van der Waals surface area contributed by atoms with E-state index in [4.69, 9.17) is 0 Å². The number of nitrogens with zero attached hydrogens (tertiary/aromatic N) is 1. The Labute approximate surface area is 194 Å². The molecule has 1 aliphatic rings. The Morgan fingerprint density at radius 2 is 1.73 bits per heavy atom. The number of sulfonamides is 1. The van der Waals surface area contributed by atoms with Crippen LogP contribution in [-0.2, 0) is 26.2 Å². The second-order valence-electron chi connectivity index (χ2n) is 8.39. The van der Waals surface area contributed by atoms with Crippen LogP contribution in [0.4, 0.5) is 4.39 Å². The maximum atomic E-state index is 13.6. The summed E-state index contributed by atoms with van der Waals surface area (Å²) in [4.78, 5) is 24.3. The maximum Gasteiger partial charge on any atom is 0.309 e. The first-order chi connectivity index (χ1) is 15.7. The minimum Gasteiger partial charge on any atom is -0.348 e. The maximum absolute atomic E-state index is 13.6. The fraction of sp³-hybridized carbons (Fsp3) is 0.417. The van der Waals surface area contributed by atoms with Crippen molar-refractivity contribution in [2.24, 2.45) is 0 Å². The normalized spacial score (nSPS) is 16.9. The van der Waals surface area contributed by atoms with E-state index >= 15 is 0 Å². The van der Waals surface area contributed by atoms with E-state index < -0.39 is 27.7 Å². The number of amides is 2. The Kier molecular flexibility index (Phi) is 8.20. The predicted octanol–water partition coefficient (Wildman–Crippen LogP) is 2.81. The smallest absolute Gasteiger partial charge is 0.309 e. The lowest BCUT2D eigenvalue weighted by Crippen LogP contribution is -2.46. The third kappa shape index (κ3) is 6.39. The van der Waals surface area contributed by atoms with E-state index in [1.54, 1.807) is 0 Å². The Morgan fingerprint density at radius 3 is 2.42 bits per heavy atom. The third-order valence-corrected chi connectivity index (χ3v) is 7.80. The topological polar surface area (TPSA) is 95.6 Å². The molecule has 1 unspecified atom stereocenters. The first-order valence-corrected chi connectivity index (χ1v) is 12.5. The molecule has 0 aromatic heterocycles. The molecule has 0 spiro atoms. The van der Waals surface area contributed by atoms with Crippen LogP contribution in [0, 0.1) is 19.7 Å². The molecule has 1 atom stereocenters. The Morgan fingerprint density at radius 1 is 1.03 bits per heavy atom. The number of nitrogens with one attached hydrogen (secondary N) is 2. The molecule has 0 aliphatic carbocycles. The first kappa shape index (κ1) is 24.9. The van der Waals surface area contributed by atoms with Gasteiger partial charge in [0.05, 0.1) is 4.90 Å². The van der Waals surface area contributed by atoms with Gasteiger partial charge in [0.15, 0.2) is 0 Å². The number of hydrogen-bond donors (Lipinski definition) is 2. The van der Waals surface area contributed by atoms with Crippen LogP contribution in [0.2, 0.25) is 0 Å². The molecular weight excluding hydrogens is 445 g/mol. The lowest BCUT2D eigenvalue weighted by atomic mass is 10.0. The molecule has 2 N–H and O–H groups in total. The number of hydrogen-bond acceptors (Lipinski definition) is 4. The minimum atomic E-state index is -3.79. The zero-order valence-electron chi connectivity index (χ0n) is 18.9. The number of carbonyl (C=O) groups is 2. The van der Waals surface area contributed by atoms with Crippen LogP contribution in [0.25, 0.3) is 0 Å². The molecule has 178 valence electrons. The molecule has 33 heavy (non-hydrogen) atoms. The monoisotopic (exact) mass is 475 g/mol. The van der Waals surface area contributed by atoms with Gasteiger partial charge < -0.3 is 10.6 Å². The van der Waals surface area contributed by atoms with Gasteiger partial charge in [0.2, 0.25) is 10.0 Å². The van der Waals surface area contributed by atoms with Crippen LogP contribution in [0.15, 0.2) is 47.4 Å². The highest BCUT2D eigenvalue weighted by Crippen LogP contribution is 2.27. The van der Waals surface area contributed by atoms with Gasteiger partial charge in [0.1, 0.15) is 5.82 Å². The number of piperidine rings is 1. The average Bonchev–Trinajstić information content (AvgIpc) is 2.80. The Hall–Kier alpha value is -2.78.